The number of nitrogens with zero attached hydrogens (tertiary/aromatic N) is 2. The van der Waals surface area contributed by atoms with Gasteiger partial charge in [-0.3, -0.25) is 9.48 Å². The first-order valence-electron chi connectivity index (χ1n) is 7.30. The van der Waals surface area contributed by atoms with Crippen LogP contribution in [0.3, 0.4) is 0 Å². The lowest BCUT2D eigenvalue weighted by Crippen LogP contribution is -2.30. The molecule has 1 unspecified atom stereocenters. The molecule has 110 valence electrons. The Bertz CT molecular complexity index is 662. The van der Waals surface area contributed by atoms with E-state index in [2.05, 4.69) is 34.7 Å². The minimum absolute atomic E-state index is 0.149. The summed E-state index contributed by atoms with van der Waals surface area (Å²) in [5.74, 6) is 0.636. The maximum Gasteiger partial charge on any atom is 0.256 e. The number of hydrogen-bond acceptors (Lipinski definition) is 3. The third-order valence-corrected chi connectivity index (χ3v) is 4.23. The summed E-state index contributed by atoms with van der Waals surface area (Å²) in [4.78, 5) is 12.2. The number of carbonyl (C=O) groups is 1. The summed E-state index contributed by atoms with van der Waals surface area (Å²) < 4.78 is 1.50. The normalized spacial score (nSPS) is 17.3. The maximum absolute atomic E-state index is 12.2. The van der Waals surface area contributed by atoms with Crippen molar-refractivity contribution in [2.45, 2.75) is 25.2 Å². The summed E-state index contributed by atoms with van der Waals surface area (Å²) in [6.45, 7) is 0.643. The highest BCUT2D eigenvalue weighted by molar-refractivity contribution is 5.98. The molecule has 3 N–H and O–H groups in total. The van der Waals surface area contributed by atoms with Crippen LogP contribution in [-0.4, -0.2) is 22.2 Å². The van der Waals surface area contributed by atoms with Crippen molar-refractivity contribution in [2.75, 3.05) is 12.3 Å². The zero-order valence-electron chi connectivity index (χ0n) is 12.2. The SMILES string of the molecule is Cn1ncc(C(=O)NCC2CCCc3ccccc32)c1N. The molecule has 1 heterocycles. The third-order valence-electron chi connectivity index (χ3n) is 4.23. The van der Waals surface area contributed by atoms with Gasteiger partial charge >= 0.3 is 0 Å². The minimum atomic E-state index is -0.149. The zero-order valence-corrected chi connectivity index (χ0v) is 12.2. The van der Waals surface area contributed by atoms with Gasteiger partial charge in [0, 0.05) is 19.5 Å². The lowest BCUT2D eigenvalue weighted by molar-refractivity contribution is 0.0951. The molecule has 1 aliphatic carbocycles. The summed E-state index contributed by atoms with van der Waals surface area (Å²) in [5.41, 5.74) is 9.04. The highest BCUT2D eigenvalue weighted by Crippen LogP contribution is 2.30. The number of fused-ring (bicyclic) bond motifs is 1. The van der Waals surface area contributed by atoms with Gasteiger partial charge in [-0.2, -0.15) is 5.10 Å². The van der Waals surface area contributed by atoms with E-state index in [1.807, 2.05) is 0 Å². The van der Waals surface area contributed by atoms with Gasteiger partial charge in [0.25, 0.3) is 5.91 Å². The molecule has 21 heavy (non-hydrogen) atoms. The molecular formula is C16H20N4O. The number of nitrogen functional groups attached to an aromatic ring is 1. The maximum atomic E-state index is 12.2. The molecule has 0 spiro atoms. The van der Waals surface area contributed by atoms with Gasteiger partial charge in [0.15, 0.2) is 0 Å². The monoisotopic (exact) mass is 284 g/mol. The van der Waals surface area contributed by atoms with Crippen LogP contribution in [0.25, 0.3) is 0 Å². The first kappa shape index (κ1) is 13.7. The van der Waals surface area contributed by atoms with Crippen LogP contribution in [-0.2, 0) is 13.5 Å². The van der Waals surface area contributed by atoms with Crippen LogP contribution in [0.1, 0.15) is 40.2 Å². The predicted octanol–water partition coefficient (Wildman–Crippen LogP) is 1.85. The molecular weight excluding hydrogens is 264 g/mol. The van der Waals surface area contributed by atoms with Gasteiger partial charge in [0.05, 0.1) is 6.20 Å². The molecule has 1 aliphatic rings. The number of benzene rings is 1. The van der Waals surface area contributed by atoms with Crippen molar-refractivity contribution in [1.29, 1.82) is 0 Å². The summed E-state index contributed by atoms with van der Waals surface area (Å²) in [6, 6.07) is 8.50. The molecule has 0 fully saturated rings. The van der Waals surface area contributed by atoms with Gasteiger partial charge in [0.1, 0.15) is 11.4 Å². The van der Waals surface area contributed by atoms with Crippen LogP contribution in [0, 0.1) is 0 Å². The zero-order chi connectivity index (χ0) is 14.8. The van der Waals surface area contributed by atoms with Crippen molar-refractivity contribution in [3.05, 3.63) is 47.2 Å². The lowest BCUT2D eigenvalue weighted by atomic mass is 9.83. The van der Waals surface area contributed by atoms with E-state index in [1.54, 1.807) is 7.05 Å². The summed E-state index contributed by atoms with van der Waals surface area (Å²) >= 11 is 0. The van der Waals surface area contributed by atoms with Crippen LogP contribution >= 0.6 is 0 Å². The molecule has 1 atom stereocenters. The average Bonchev–Trinajstić information content (AvgIpc) is 2.84. The molecule has 1 amide bonds. The molecule has 5 heteroatoms. The summed E-state index contributed by atoms with van der Waals surface area (Å²) in [6.07, 6.45) is 4.93. The Kier molecular flexibility index (Phi) is 3.64. The molecule has 1 aromatic heterocycles. The summed E-state index contributed by atoms with van der Waals surface area (Å²) in [5, 5.41) is 6.99. The van der Waals surface area contributed by atoms with E-state index in [4.69, 9.17) is 5.73 Å². The molecule has 5 nitrogen and oxygen atoms in total. The number of anilines is 1. The Balaban J connectivity index is 1.69. The molecule has 0 aliphatic heterocycles. The molecule has 0 radical (unpaired) electrons. The molecule has 2 aromatic rings. The molecule has 1 aromatic carbocycles. The van der Waals surface area contributed by atoms with E-state index in [0.717, 1.165) is 12.8 Å². The van der Waals surface area contributed by atoms with E-state index < -0.39 is 0 Å². The first-order chi connectivity index (χ1) is 10.2. The smallest absolute Gasteiger partial charge is 0.256 e. The number of carbonyl (C=O) groups excluding carboxylic acids is 1. The first-order valence-corrected chi connectivity index (χ1v) is 7.30. The average molecular weight is 284 g/mol. The van der Waals surface area contributed by atoms with Gasteiger partial charge in [-0.25, -0.2) is 0 Å². The van der Waals surface area contributed by atoms with Crippen LogP contribution < -0.4 is 11.1 Å². The summed E-state index contributed by atoms with van der Waals surface area (Å²) in [7, 11) is 1.73. The second-order valence-corrected chi connectivity index (χ2v) is 5.57. The number of nitrogens with one attached hydrogen (secondary N) is 1. The Morgan fingerprint density at radius 1 is 1.48 bits per heavy atom. The molecule has 3 rings (SSSR count). The fourth-order valence-corrected chi connectivity index (χ4v) is 3.00. The second kappa shape index (κ2) is 5.60. The highest BCUT2D eigenvalue weighted by atomic mass is 16.1. The van der Waals surface area contributed by atoms with E-state index >= 15 is 0 Å². The number of aryl methyl sites for hydroxylation is 2. The Morgan fingerprint density at radius 2 is 2.29 bits per heavy atom. The standard InChI is InChI=1S/C16H20N4O/c1-20-15(17)14(10-19-20)16(21)18-9-12-7-4-6-11-5-2-3-8-13(11)12/h2-3,5,8,10,12H,4,6-7,9,17H2,1H3,(H,18,21). The van der Waals surface area contributed by atoms with Gasteiger partial charge in [-0.1, -0.05) is 24.3 Å². The van der Waals surface area contributed by atoms with E-state index in [9.17, 15) is 4.79 Å². The molecule has 0 saturated heterocycles. The van der Waals surface area contributed by atoms with Crippen molar-refractivity contribution in [1.82, 2.24) is 15.1 Å². The van der Waals surface area contributed by atoms with Gasteiger partial charge < -0.3 is 11.1 Å². The highest BCUT2D eigenvalue weighted by Gasteiger charge is 2.21. The minimum Gasteiger partial charge on any atom is -0.383 e. The molecule has 0 bridgehead atoms. The third kappa shape index (κ3) is 2.63. The number of nitrogens with two attached hydrogens (primary N) is 1. The fraction of sp³-hybridized carbons (Fsp3) is 0.375. The lowest BCUT2D eigenvalue weighted by Gasteiger charge is -2.25. The van der Waals surface area contributed by atoms with Crippen molar-refractivity contribution >= 4 is 11.7 Å². The quantitative estimate of drug-likeness (QED) is 0.903. The number of amides is 1. The van der Waals surface area contributed by atoms with Crippen LogP contribution in [0.5, 0.6) is 0 Å². The van der Waals surface area contributed by atoms with Gasteiger partial charge in [-0.05, 0) is 30.4 Å². The number of rotatable bonds is 3. The predicted molar refractivity (Wildman–Crippen MR) is 82.1 cm³/mol. The van der Waals surface area contributed by atoms with Crippen LogP contribution in [0.4, 0.5) is 5.82 Å². The fourth-order valence-electron chi connectivity index (χ4n) is 3.00. The van der Waals surface area contributed by atoms with Crippen molar-refractivity contribution < 1.29 is 4.79 Å². The van der Waals surface area contributed by atoms with Crippen LogP contribution in [0.15, 0.2) is 30.5 Å². The van der Waals surface area contributed by atoms with E-state index in [0.29, 0.717) is 23.8 Å². The van der Waals surface area contributed by atoms with Gasteiger partial charge in [0.2, 0.25) is 0 Å². The van der Waals surface area contributed by atoms with E-state index in [1.165, 1.54) is 28.4 Å². The largest absolute Gasteiger partial charge is 0.383 e. The topological polar surface area (TPSA) is 72.9 Å². The van der Waals surface area contributed by atoms with Crippen molar-refractivity contribution in [2.24, 2.45) is 7.05 Å². The molecule has 0 saturated carbocycles. The Labute approximate surface area is 124 Å². The second-order valence-electron chi connectivity index (χ2n) is 5.57. The van der Waals surface area contributed by atoms with Crippen molar-refractivity contribution in [3.63, 3.8) is 0 Å². The van der Waals surface area contributed by atoms with Gasteiger partial charge in [-0.15, -0.1) is 0 Å². The Morgan fingerprint density at radius 3 is 3.05 bits per heavy atom. The number of aromatic nitrogens is 2. The Hall–Kier alpha value is -2.30. The van der Waals surface area contributed by atoms with Crippen molar-refractivity contribution in [3.8, 4) is 0 Å². The number of hydrogen-bond donors (Lipinski definition) is 2. The van der Waals surface area contributed by atoms with E-state index in [-0.39, 0.29) is 5.91 Å². The van der Waals surface area contributed by atoms with Crippen LogP contribution in [0.2, 0.25) is 0 Å².